The maximum absolute atomic E-state index is 12.6. The van der Waals surface area contributed by atoms with Gasteiger partial charge in [0.2, 0.25) is 5.91 Å². The largest absolute Gasteiger partial charge is 0.347 e. The fourth-order valence-electron chi connectivity index (χ4n) is 3.09. The molecule has 0 aromatic carbocycles. The number of pyridine rings is 1. The Kier molecular flexibility index (Phi) is 3.88. The van der Waals surface area contributed by atoms with Crippen LogP contribution in [-0.2, 0) is 11.3 Å². The molecule has 1 fully saturated rings. The van der Waals surface area contributed by atoms with E-state index in [0.29, 0.717) is 6.54 Å². The molecule has 1 atom stereocenters. The maximum Gasteiger partial charge on any atom is 0.240 e. The van der Waals surface area contributed by atoms with Crippen molar-refractivity contribution in [1.82, 2.24) is 25.2 Å². The molecule has 0 bridgehead atoms. The van der Waals surface area contributed by atoms with Crippen LogP contribution in [0.3, 0.4) is 0 Å². The number of rotatable bonds is 5. The average Bonchev–Trinajstić information content (AvgIpc) is 3.13. The summed E-state index contributed by atoms with van der Waals surface area (Å²) < 4.78 is 1.90. The zero-order valence-electron chi connectivity index (χ0n) is 12.3. The lowest BCUT2D eigenvalue weighted by Gasteiger charge is -2.27. The normalized spacial score (nSPS) is 21.8. The zero-order valence-corrected chi connectivity index (χ0v) is 12.3. The van der Waals surface area contributed by atoms with Crippen molar-refractivity contribution in [1.29, 1.82) is 0 Å². The molecular formula is C15H21N5O. The van der Waals surface area contributed by atoms with Gasteiger partial charge in [-0.25, -0.2) is 0 Å². The third kappa shape index (κ3) is 2.63. The number of nitrogens with one attached hydrogen (secondary N) is 2. The number of hydrogen-bond donors (Lipinski definition) is 2. The number of fused-ring (bicyclic) bond motifs is 1. The van der Waals surface area contributed by atoms with Gasteiger partial charge in [0.05, 0.1) is 12.1 Å². The lowest BCUT2D eigenvalue weighted by atomic mass is 9.91. The van der Waals surface area contributed by atoms with Crippen LogP contribution < -0.4 is 10.6 Å². The number of nitrogens with zero attached hydrogens (tertiary/aromatic N) is 3. The molecule has 2 aromatic heterocycles. The smallest absolute Gasteiger partial charge is 0.240 e. The van der Waals surface area contributed by atoms with Gasteiger partial charge in [-0.05, 0) is 37.9 Å². The maximum atomic E-state index is 12.6. The van der Waals surface area contributed by atoms with Gasteiger partial charge >= 0.3 is 0 Å². The highest BCUT2D eigenvalue weighted by Gasteiger charge is 2.39. The first-order chi connectivity index (χ1) is 10.2. The zero-order chi connectivity index (χ0) is 14.7. The molecule has 21 heavy (non-hydrogen) atoms. The Morgan fingerprint density at radius 3 is 3.14 bits per heavy atom. The van der Waals surface area contributed by atoms with E-state index in [0.717, 1.165) is 43.7 Å². The Morgan fingerprint density at radius 2 is 2.38 bits per heavy atom. The second-order valence-corrected chi connectivity index (χ2v) is 5.59. The summed E-state index contributed by atoms with van der Waals surface area (Å²) in [5, 5.41) is 14.6. The second kappa shape index (κ2) is 5.81. The quantitative estimate of drug-likeness (QED) is 0.868. The van der Waals surface area contributed by atoms with Crippen LogP contribution >= 0.6 is 0 Å². The Labute approximate surface area is 123 Å². The molecule has 1 aliphatic rings. The summed E-state index contributed by atoms with van der Waals surface area (Å²) in [7, 11) is 0. The van der Waals surface area contributed by atoms with Crippen LogP contribution in [0.1, 0.15) is 38.4 Å². The second-order valence-electron chi connectivity index (χ2n) is 5.59. The molecule has 0 spiro atoms. The first-order valence-electron chi connectivity index (χ1n) is 7.57. The summed E-state index contributed by atoms with van der Waals surface area (Å²) in [5.41, 5.74) is 0.402. The summed E-state index contributed by atoms with van der Waals surface area (Å²) in [6.07, 6.45) is 5.74. The topological polar surface area (TPSA) is 71.3 Å². The van der Waals surface area contributed by atoms with E-state index in [-0.39, 0.29) is 5.91 Å². The molecule has 2 aromatic rings. The van der Waals surface area contributed by atoms with Gasteiger partial charge in [0, 0.05) is 6.20 Å². The molecule has 6 nitrogen and oxygen atoms in total. The molecule has 0 aliphatic carbocycles. The molecule has 1 aliphatic heterocycles. The van der Waals surface area contributed by atoms with Gasteiger partial charge in [0.25, 0.3) is 0 Å². The number of carbonyl (C=O) groups is 1. The van der Waals surface area contributed by atoms with Gasteiger partial charge in [-0.2, -0.15) is 0 Å². The van der Waals surface area contributed by atoms with E-state index >= 15 is 0 Å². The monoisotopic (exact) mass is 287 g/mol. The molecule has 2 N–H and O–H groups in total. The van der Waals surface area contributed by atoms with Gasteiger partial charge in [-0.3, -0.25) is 9.20 Å². The molecule has 0 radical (unpaired) electrons. The number of aromatic nitrogens is 3. The summed E-state index contributed by atoms with van der Waals surface area (Å²) in [6.45, 7) is 3.43. The van der Waals surface area contributed by atoms with Crippen LogP contribution in [-0.4, -0.2) is 32.6 Å². The van der Waals surface area contributed by atoms with Gasteiger partial charge < -0.3 is 10.6 Å². The summed E-state index contributed by atoms with van der Waals surface area (Å²) in [5.74, 6) is 0.832. The fourth-order valence-corrected chi connectivity index (χ4v) is 3.09. The van der Waals surface area contributed by atoms with Gasteiger partial charge in [0.15, 0.2) is 11.5 Å². The van der Waals surface area contributed by atoms with Gasteiger partial charge in [-0.1, -0.05) is 19.4 Å². The highest BCUT2D eigenvalue weighted by atomic mass is 16.2. The van der Waals surface area contributed by atoms with Crippen molar-refractivity contribution < 1.29 is 4.79 Å². The summed E-state index contributed by atoms with van der Waals surface area (Å²) >= 11 is 0. The number of carbonyl (C=O) groups excluding carboxylic acids is 1. The fraction of sp³-hybridized carbons (Fsp3) is 0.533. The third-order valence-corrected chi connectivity index (χ3v) is 4.15. The van der Waals surface area contributed by atoms with Crippen molar-refractivity contribution in [2.45, 2.75) is 44.7 Å². The standard InChI is InChI=1S/C15H21N5O/c1-2-7-15(8-5-9-17-15)14(21)16-11-13-19-18-12-6-3-4-10-20(12)13/h3-4,6,10,17H,2,5,7-9,11H2,1H3,(H,16,21). The van der Waals surface area contributed by atoms with E-state index in [1.165, 1.54) is 0 Å². The summed E-state index contributed by atoms with van der Waals surface area (Å²) in [4.78, 5) is 12.6. The highest BCUT2D eigenvalue weighted by molar-refractivity contribution is 5.86. The van der Waals surface area contributed by atoms with E-state index in [9.17, 15) is 4.79 Å². The third-order valence-electron chi connectivity index (χ3n) is 4.15. The van der Waals surface area contributed by atoms with Crippen molar-refractivity contribution in [2.75, 3.05) is 6.54 Å². The van der Waals surface area contributed by atoms with Crippen LogP contribution in [0, 0.1) is 0 Å². The molecular weight excluding hydrogens is 266 g/mol. The average molecular weight is 287 g/mol. The molecule has 1 unspecified atom stereocenters. The van der Waals surface area contributed by atoms with Crippen LogP contribution in [0.5, 0.6) is 0 Å². The minimum atomic E-state index is -0.394. The molecule has 3 rings (SSSR count). The van der Waals surface area contributed by atoms with Crippen molar-refractivity contribution in [2.24, 2.45) is 0 Å². The SMILES string of the molecule is CCCC1(C(=O)NCc2nnc3ccccn23)CCCN1. The van der Waals surface area contributed by atoms with Crippen LogP contribution in [0.15, 0.2) is 24.4 Å². The first kappa shape index (κ1) is 14.0. The molecule has 0 saturated carbocycles. The van der Waals surface area contributed by atoms with Crippen LogP contribution in [0.2, 0.25) is 0 Å². The van der Waals surface area contributed by atoms with E-state index in [1.54, 1.807) is 0 Å². The van der Waals surface area contributed by atoms with Gasteiger partial charge in [-0.15, -0.1) is 10.2 Å². The molecule has 1 amide bonds. The van der Waals surface area contributed by atoms with Crippen molar-refractivity contribution in [3.8, 4) is 0 Å². The van der Waals surface area contributed by atoms with E-state index in [2.05, 4.69) is 27.8 Å². The minimum Gasteiger partial charge on any atom is -0.347 e. The Hall–Kier alpha value is -1.95. The highest BCUT2D eigenvalue weighted by Crippen LogP contribution is 2.25. The van der Waals surface area contributed by atoms with Crippen molar-refractivity contribution >= 4 is 11.6 Å². The lowest BCUT2D eigenvalue weighted by molar-refractivity contribution is -0.127. The van der Waals surface area contributed by atoms with E-state index in [1.807, 2.05) is 28.8 Å². The molecule has 1 saturated heterocycles. The van der Waals surface area contributed by atoms with Crippen molar-refractivity contribution in [3.05, 3.63) is 30.2 Å². The van der Waals surface area contributed by atoms with Crippen LogP contribution in [0.25, 0.3) is 5.65 Å². The number of amides is 1. The van der Waals surface area contributed by atoms with Crippen molar-refractivity contribution in [3.63, 3.8) is 0 Å². The summed E-state index contributed by atoms with van der Waals surface area (Å²) in [6, 6.07) is 5.75. The molecule has 112 valence electrons. The predicted molar refractivity (Wildman–Crippen MR) is 79.7 cm³/mol. The van der Waals surface area contributed by atoms with Gasteiger partial charge in [0.1, 0.15) is 0 Å². The lowest BCUT2D eigenvalue weighted by Crippen LogP contribution is -2.53. The predicted octanol–water partition coefficient (Wildman–Crippen LogP) is 1.27. The molecule has 3 heterocycles. The molecule has 6 heteroatoms. The van der Waals surface area contributed by atoms with E-state index < -0.39 is 5.54 Å². The Morgan fingerprint density at radius 1 is 1.48 bits per heavy atom. The first-order valence-corrected chi connectivity index (χ1v) is 7.57. The minimum absolute atomic E-state index is 0.0783. The Balaban J connectivity index is 1.70. The Bertz CT molecular complexity index is 630. The van der Waals surface area contributed by atoms with Crippen LogP contribution in [0.4, 0.5) is 0 Å². The van der Waals surface area contributed by atoms with E-state index in [4.69, 9.17) is 0 Å². The number of hydrogen-bond acceptors (Lipinski definition) is 4.